The van der Waals surface area contributed by atoms with E-state index in [4.69, 9.17) is 11.6 Å². The molecule has 1 aromatic rings. The Hall–Kier alpha value is -0.930. The molecule has 0 fully saturated rings. The summed E-state index contributed by atoms with van der Waals surface area (Å²) in [5.41, 5.74) is 1.75. The van der Waals surface area contributed by atoms with Gasteiger partial charge in [0.2, 0.25) is 0 Å². The quantitative estimate of drug-likeness (QED) is 0.464. The van der Waals surface area contributed by atoms with Crippen LogP contribution in [0.4, 0.5) is 0 Å². The third kappa shape index (κ3) is 4.84. The van der Waals surface area contributed by atoms with Crippen molar-refractivity contribution in [2.75, 3.05) is 12.9 Å². The second-order valence-electron chi connectivity index (χ2n) is 3.49. The number of thioether (sulfide) groups is 1. The van der Waals surface area contributed by atoms with Crippen LogP contribution in [-0.4, -0.2) is 18.8 Å². The number of hydrogen-bond donors (Lipinski definition) is 0. The maximum atomic E-state index is 11.1. The molecular formula is C13H15ClO2S. The van der Waals surface area contributed by atoms with Crippen molar-refractivity contribution in [1.29, 1.82) is 0 Å². The van der Waals surface area contributed by atoms with Gasteiger partial charge in [-0.3, -0.25) is 0 Å². The number of carbonyl (C=O) groups excluding carboxylic acids is 1. The van der Waals surface area contributed by atoms with Crippen LogP contribution in [0.1, 0.15) is 12.5 Å². The lowest BCUT2D eigenvalue weighted by molar-refractivity contribution is -0.136. The summed E-state index contributed by atoms with van der Waals surface area (Å²) in [5, 5.41) is 0.786. The Labute approximate surface area is 111 Å². The summed E-state index contributed by atoms with van der Waals surface area (Å²) in [6, 6.07) is 7.77. The molecule has 0 unspecified atom stereocenters. The molecule has 0 heterocycles. The van der Waals surface area contributed by atoms with Crippen LogP contribution in [0.5, 0.6) is 0 Å². The summed E-state index contributed by atoms with van der Waals surface area (Å²) in [7, 11) is 1.39. The molecule has 1 aromatic carbocycles. The summed E-state index contributed by atoms with van der Waals surface area (Å²) >= 11 is 7.74. The van der Waals surface area contributed by atoms with E-state index in [9.17, 15) is 4.79 Å². The molecule has 1 rings (SSSR count). The smallest absolute Gasteiger partial charge is 0.333 e. The normalized spacial score (nSPS) is 11.4. The van der Waals surface area contributed by atoms with Crippen molar-refractivity contribution in [2.24, 2.45) is 0 Å². The van der Waals surface area contributed by atoms with Crippen LogP contribution in [0.3, 0.4) is 0 Å². The number of halogens is 1. The highest BCUT2D eigenvalue weighted by Gasteiger charge is 2.02. The zero-order chi connectivity index (χ0) is 12.7. The van der Waals surface area contributed by atoms with E-state index >= 15 is 0 Å². The number of esters is 1. The number of benzene rings is 1. The van der Waals surface area contributed by atoms with E-state index in [1.807, 2.05) is 30.3 Å². The van der Waals surface area contributed by atoms with Gasteiger partial charge >= 0.3 is 5.97 Å². The maximum Gasteiger partial charge on any atom is 0.333 e. The molecule has 0 radical (unpaired) electrons. The van der Waals surface area contributed by atoms with Crippen molar-refractivity contribution < 1.29 is 9.53 Å². The Morgan fingerprint density at radius 3 is 2.82 bits per heavy atom. The van der Waals surface area contributed by atoms with Gasteiger partial charge in [-0.15, -0.1) is 0 Å². The zero-order valence-corrected chi connectivity index (χ0v) is 11.5. The Bertz CT molecular complexity index is 416. The number of methoxy groups -OCH3 is 1. The number of ether oxygens (including phenoxy) is 1. The predicted octanol–water partition coefficient (Wildman–Crippen LogP) is 3.69. The first kappa shape index (κ1) is 14.1. The SMILES string of the molecule is COC(=O)/C(C)=C/CSCc1ccccc1Cl. The van der Waals surface area contributed by atoms with E-state index in [1.165, 1.54) is 7.11 Å². The molecule has 0 aromatic heterocycles. The summed E-state index contributed by atoms with van der Waals surface area (Å²) in [6.45, 7) is 1.75. The topological polar surface area (TPSA) is 26.3 Å². The van der Waals surface area contributed by atoms with Gasteiger partial charge in [0.05, 0.1) is 7.11 Å². The summed E-state index contributed by atoms with van der Waals surface area (Å²) < 4.78 is 4.61. The van der Waals surface area contributed by atoms with Gasteiger partial charge in [0.25, 0.3) is 0 Å². The average molecular weight is 271 g/mol. The van der Waals surface area contributed by atoms with Crippen LogP contribution in [0.15, 0.2) is 35.9 Å². The summed E-state index contributed by atoms with van der Waals surface area (Å²) in [5.74, 6) is 1.33. The highest BCUT2D eigenvalue weighted by atomic mass is 35.5. The molecule has 0 spiro atoms. The molecule has 0 bridgehead atoms. The van der Waals surface area contributed by atoms with Gasteiger partial charge in [0.1, 0.15) is 0 Å². The van der Waals surface area contributed by atoms with Crippen molar-refractivity contribution in [1.82, 2.24) is 0 Å². The number of hydrogen-bond acceptors (Lipinski definition) is 3. The molecule has 4 heteroatoms. The van der Waals surface area contributed by atoms with Crippen LogP contribution >= 0.6 is 23.4 Å². The molecule has 0 amide bonds. The average Bonchev–Trinajstić information content (AvgIpc) is 2.35. The van der Waals surface area contributed by atoms with Gasteiger partial charge in [-0.2, -0.15) is 11.8 Å². The number of rotatable bonds is 5. The van der Waals surface area contributed by atoms with Gasteiger partial charge in [0.15, 0.2) is 0 Å². The van der Waals surface area contributed by atoms with Crippen molar-refractivity contribution in [3.63, 3.8) is 0 Å². The first-order valence-electron chi connectivity index (χ1n) is 5.21. The molecule has 2 nitrogen and oxygen atoms in total. The molecule has 0 aliphatic rings. The summed E-state index contributed by atoms with van der Waals surface area (Å²) in [6.07, 6.45) is 1.87. The molecule has 0 N–H and O–H groups in total. The first-order chi connectivity index (χ1) is 8.15. The molecule has 92 valence electrons. The third-order valence-corrected chi connectivity index (χ3v) is 3.52. The Kier molecular flexibility index (Phi) is 6.16. The van der Waals surface area contributed by atoms with E-state index in [-0.39, 0.29) is 5.97 Å². The van der Waals surface area contributed by atoms with E-state index in [1.54, 1.807) is 18.7 Å². The van der Waals surface area contributed by atoms with E-state index in [2.05, 4.69) is 4.74 Å². The highest BCUT2D eigenvalue weighted by molar-refractivity contribution is 7.98. The predicted molar refractivity (Wildman–Crippen MR) is 73.4 cm³/mol. The van der Waals surface area contributed by atoms with Crippen molar-refractivity contribution >= 4 is 29.3 Å². The van der Waals surface area contributed by atoms with Crippen molar-refractivity contribution in [3.05, 3.63) is 46.5 Å². The largest absolute Gasteiger partial charge is 0.466 e. The van der Waals surface area contributed by atoms with Crippen molar-refractivity contribution in [3.8, 4) is 0 Å². The third-order valence-electron chi connectivity index (χ3n) is 2.23. The van der Waals surface area contributed by atoms with Gasteiger partial charge in [-0.25, -0.2) is 4.79 Å². The van der Waals surface area contributed by atoms with Crippen LogP contribution in [0.2, 0.25) is 5.02 Å². The van der Waals surface area contributed by atoms with E-state index < -0.39 is 0 Å². The lowest BCUT2D eigenvalue weighted by atomic mass is 10.2. The fourth-order valence-electron chi connectivity index (χ4n) is 1.21. The molecule has 0 saturated heterocycles. The lowest BCUT2D eigenvalue weighted by Crippen LogP contribution is -2.01. The van der Waals surface area contributed by atoms with E-state index in [0.29, 0.717) is 5.57 Å². The fourth-order valence-corrected chi connectivity index (χ4v) is 2.45. The van der Waals surface area contributed by atoms with Gasteiger partial charge in [-0.05, 0) is 18.6 Å². The summed E-state index contributed by atoms with van der Waals surface area (Å²) in [4.78, 5) is 11.1. The second-order valence-corrected chi connectivity index (χ2v) is 4.92. The van der Waals surface area contributed by atoms with Gasteiger partial charge in [0, 0.05) is 22.1 Å². The van der Waals surface area contributed by atoms with Crippen LogP contribution in [0, 0.1) is 0 Å². The number of carbonyl (C=O) groups is 1. The monoisotopic (exact) mass is 270 g/mol. The van der Waals surface area contributed by atoms with E-state index in [0.717, 1.165) is 22.1 Å². The minimum Gasteiger partial charge on any atom is -0.466 e. The fraction of sp³-hybridized carbons (Fsp3) is 0.308. The van der Waals surface area contributed by atoms with Gasteiger partial charge < -0.3 is 4.74 Å². The van der Waals surface area contributed by atoms with Crippen LogP contribution in [0.25, 0.3) is 0 Å². The molecule has 0 aliphatic heterocycles. The minimum absolute atomic E-state index is 0.275. The van der Waals surface area contributed by atoms with Crippen LogP contribution < -0.4 is 0 Å². The molecular weight excluding hydrogens is 256 g/mol. The minimum atomic E-state index is -0.275. The molecule has 17 heavy (non-hydrogen) atoms. The molecule has 0 atom stereocenters. The molecule has 0 saturated carbocycles. The van der Waals surface area contributed by atoms with Crippen LogP contribution in [-0.2, 0) is 15.3 Å². The van der Waals surface area contributed by atoms with Crippen molar-refractivity contribution in [2.45, 2.75) is 12.7 Å². The second kappa shape index (κ2) is 7.41. The van der Waals surface area contributed by atoms with Gasteiger partial charge in [-0.1, -0.05) is 35.9 Å². The Morgan fingerprint density at radius 2 is 2.18 bits per heavy atom. The molecule has 0 aliphatic carbocycles. The highest BCUT2D eigenvalue weighted by Crippen LogP contribution is 2.20. The Morgan fingerprint density at radius 1 is 1.47 bits per heavy atom. The first-order valence-corrected chi connectivity index (χ1v) is 6.74. The Balaban J connectivity index is 2.39. The zero-order valence-electron chi connectivity index (χ0n) is 9.90. The standard InChI is InChI=1S/C13H15ClO2S/c1-10(13(15)16-2)7-8-17-9-11-5-3-4-6-12(11)14/h3-7H,8-9H2,1-2H3/b10-7+. The lowest BCUT2D eigenvalue weighted by Gasteiger charge is -2.02. The maximum absolute atomic E-state index is 11.1.